The highest BCUT2D eigenvalue weighted by atomic mass is 16.8. The first-order valence-corrected chi connectivity index (χ1v) is 6.53. The number of rotatable bonds is 2. The molecule has 1 aliphatic carbocycles. The number of para-hydroxylation sites is 1. The highest BCUT2D eigenvalue weighted by Gasteiger charge is 2.49. The van der Waals surface area contributed by atoms with E-state index in [0.29, 0.717) is 5.56 Å². The quantitative estimate of drug-likeness (QED) is 0.606. The summed E-state index contributed by atoms with van der Waals surface area (Å²) in [5.41, 5.74) is 0.621. The maximum atomic E-state index is 11.1. The second-order valence-electron chi connectivity index (χ2n) is 5.13. The molecule has 19 heavy (non-hydrogen) atoms. The minimum atomic E-state index is -0.569. The zero-order valence-corrected chi connectivity index (χ0v) is 10.6. The van der Waals surface area contributed by atoms with Crippen molar-refractivity contribution >= 4 is 5.69 Å². The first-order valence-electron chi connectivity index (χ1n) is 6.53. The van der Waals surface area contributed by atoms with E-state index in [0.717, 1.165) is 25.7 Å². The Hall–Kier alpha value is -1.46. The topological polar surface area (TPSA) is 61.6 Å². The summed E-state index contributed by atoms with van der Waals surface area (Å²) in [5.74, 6) is -0.569. The van der Waals surface area contributed by atoms with Crippen molar-refractivity contribution in [3.8, 4) is 0 Å². The van der Waals surface area contributed by atoms with Crippen LogP contribution in [0.4, 0.5) is 5.69 Å². The van der Waals surface area contributed by atoms with Crippen molar-refractivity contribution in [3.63, 3.8) is 0 Å². The molecule has 3 rings (SSSR count). The van der Waals surface area contributed by atoms with Gasteiger partial charge in [-0.1, -0.05) is 12.1 Å². The van der Waals surface area contributed by atoms with Gasteiger partial charge in [-0.05, 0) is 25.8 Å². The summed E-state index contributed by atoms with van der Waals surface area (Å²) in [5, 5.41) is 11.1. The van der Waals surface area contributed by atoms with Gasteiger partial charge in [0.25, 0.3) is 5.69 Å². The number of benzene rings is 1. The molecule has 101 valence electrons. The number of hydrogen-bond acceptors (Lipinski definition) is 4. The average Bonchev–Trinajstić information content (AvgIpc) is 2.97. The Morgan fingerprint density at radius 1 is 1.26 bits per heavy atom. The van der Waals surface area contributed by atoms with Crippen molar-refractivity contribution in [2.45, 2.75) is 43.7 Å². The third-order valence-corrected chi connectivity index (χ3v) is 3.85. The van der Waals surface area contributed by atoms with Gasteiger partial charge in [-0.2, -0.15) is 0 Å². The fraction of sp³-hybridized carbons (Fsp3) is 0.500. The molecule has 5 heteroatoms. The lowest BCUT2D eigenvalue weighted by atomic mass is 10.0. The number of hydrogen-bond donors (Lipinski definition) is 0. The highest BCUT2D eigenvalue weighted by Crippen LogP contribution is 2.48. The van der Waals surface area contributed by atoms with Crippen LogP contribution in [0, 0.1) is 17.0 Å². The van der Waals surface area contributed by atoms with E-state index in [2.05, 4.69) is 6.92 Å². The molecule has 1 radical (unpaired) electrons. The molecule has 0 bridgehead atoms. The number of ether oxygens (including phenoxy) is 2. The zero-order valence-electron chi connectivity index (χ0n) is 10.6. The summed E-state index contributed by atoms with van der Waals surface area (Å²) in [6.45, 7) is 3.94. The number of nitrogens with zero attached hydrogens (tertiary/aromatic N) is 1. The molecule has 2 atom stereocenters. The second-order valence-corrected chi connectivity index (χ2v) is 5.13. The van der Waals surface area contributed by atoms with Gasteiger partial charge in [0.15, 0.2) is 5.79 Å². The van der Waals surface area contributed by atoms with Crippen LogP contribution in [0.1, 0.15) is 37.4 Å². The van der Waals surface area contributed by atoms with Gasteiger partial charge >= 0.3 is 0 Å². The minimum Gasteiger partial charge on any atom is -0.344 e. The molecule has 1 aromatic rings. The molecule has 2 aliphatic rings. The van der Waals surface area contributed by atoms with Crippen LogP contribution in [0.25, 0.3) is 0 Å². The molecule has 1 saturated heterocycles. The molecule has 1 saturated carbocycles. The van der Waals surface area contributed by atoms with Crippen LogP contribution < -0.4 is 0 Å². The number of nitro groups is 1. The lowest BCUT2D eigenvalue weighted by Crippen LogP contribution is -2.26. The van der Waals surface area contributed by atoms with Crippen LogP contribution in [0.3, 0.4) is 0 Å². The van der Waals surface area contributed by atoms with E-state index >= 15 is 0 Å². The fourth-order valence-corrected chi connectivity index (χ4v) is 2.98. The standard InChI is InChI=1S/C14H16NO4/c1-10-13(19-14(18-10)8-4-5-9-14)11-6-2-3-7-12(11)15(16)17/h2-3,6-7,10,13H,1,4-5,8-9H2. The van der Waals surface area contributed by atoms with Crippen molar-refractivity contribution in [1.29, 1.82) is 0 Å². The van der Waals surface area contributed by atoms with Gasteiger partial charge in [-0.15, -0.1) is 0 Å². The Bertz CT molecular complexity index is 496. The van der Waals surface area contributed by atoms with Crippen molar-refractivity contribution < 1.29 is 14.4 Å². The van der Waals surface area contributed by atoms with Gasteiger partial charge in [-0.3, -0.25) is 10.1 Å². The van der Waals surface area contributed by atoms with Gasteiger partial charge < -0.3 is 9.47 Å². The van der Waals surface area contributed by atoms with E-state index in [1.165, 1.54) is 6.07 Å². The van der Waals surface area contributed by atoms with E-state index in [1.807, 2.05) is 0 Å². The molecular formula is C14H16NO4. The van der Waals surface area contributed by atoms with E-state index in [1.54, 1.807) is 18.2 Å². The van der Waals surface area contributed by atoms with Crippen molar-refractivity contribution in [2.24, 2.45) is 0 Å². The van der Waals surface area contributed by atoms with Crippen LogP contribution >= 0.6 is 0 Å². The zero-order chi connectivity index (χ0) is 13.5. The molecule has 1 heterocycles. The van der Waals surface area contributed by atoms with E-state index < -0.39 is 18.0 Å². The third kappa shape index (κ3) is 2.13. The molecule has 1 aromatic carbocycles. The molecular weight excluding hydrogens is 246 g/mol. The Morgan fingerprint density at radius 3 is 2.63 bits per heavy atom. The predicted molar refractivity (Wildman–Crippen MR) is 68.4 cm³/mol. The maximum absolute atomic E-state index is 11.1. The van der Waals surface area contributed by atoms with Crippen molar-refractivity contribution in [2.75, 3.05) is 0 Å². The van der Waals surface area contributed by atoms with Crippen LogP contribution in [-0.2, 0) is 9.47 Å². The largest absolute Gasteiger partial charge is 0.344 e. The number of nitro benzene ring substituents is 1. The minimum absolute atomic E-state index is 0.0693. The van der Waals surface area contributed by atoms with Crippen LogP contribution in [0.2, 0.25) is 0 Å². The van der Waals surface area contributed by atoms with E-state index in [4.69, 9.17) is 9.47 Å². The van der Waals surface area contributed by atoms with Gasteiger partial charge in [0.1, 0.15) is 6.10 Å². The smallest absolute Gasteiger partial charge is 0.275 e. The molecule has 0 N–H and O–H groups in total. The van der Waals surface area contributed by atoms with E-state index in [-0.39, 0.29) is 10.6 Å². The third-order valence-electron chi connectivity index (χ3n) is 3.85. The van der Waals surface area contributed by atoms with Gasteiger partial charge in [0.2, 0.25) is 0 Å². The van der Waals surface area contributed by atoms with Crippen LogP contribution in [0.5, 0.6) is 0 Å². The normalized spacial score (nSPS) is 28.9. The molecule has 0 amide bonds. The maximum Gasteiger partial charge on any atom is 0.275 e. The van der Waals surface area contributed by atoms with Gasteiger partial charge in [0.05, 0.1) is 16.6 Å². The van der Waals surface area contributed by atoms with Gasteiger partial charge in [-0.25, -0.2) is 0 Å². The molecule has 5 nitrogen and oxygen atoms in total. The SMILES string of the molecule is [CH2]C1OC2(CCCC2)OC1c1ccccc1[N+](=O)[O-]. The molecule has 1 spiro atoms. The molecule has 0 aromatic heterocycles. The summed E-state index contributed by atoms with van der Waals surface area (Å²) in [6, 6.07) is 6.64. The Balaban J connectivity index is 1.92. The summed E-state index contributed by atoms with van der Waals surface area (Å²) in [7, 11) is 0. The lowest BCUT2D eigenvalue weighted by molar-refractivity contribution is -0.386. The van der Waals surface area contributed by atoms with Crippen molar-refractivity contribution in [1.82, 2.24) is 0 Å². The predicted octanol–water partition coefficient (Wildman–Crippen LogP) is 3.16. The summed E-state index contributed by atoms with van der Waals surface area (Å²) in [6.07, 6.45) is 2.96. The Morgan fingerprint density at radius 2 is 1.95 bits per heavy atom. The Kier molecular flexibility index (Phi) is 3.03. The van der Waals surface area contributed by atoms with Crippen molar-refractivity contribution in [3.05, 3.63) is 46.9 Å². The second kappa shape index (κ2) is 4.58. The average molecular weight is 262 g/mol. The lowest BCUT2D eigenvalue weighted by Gasteiger charge is -2.21. The van der Waals surface area contributed by atoms with Crippen LogP contribution in [-0.4, -0.2) is 16.8 Å². The first kappa shape index (κ1) is 12.6. The monoisotopic (exact) mass is 262 g/mol. The summed E-state index contributed by atoms with van der Waals surface area (Å²) >= 11 is 0. The molecule has 2 unspecified atom stereocenters. The van der Waals surface area contributed by atoms with E-state index in [9.17, 15) is 10.1 Å². The first-order chi connectivity index (χ1) is 9.11. The Labute approximate surface area is 111 Å². The van der Waals surface area contributed by atoms with Crippen LogP contribution in [0.15, 0.2) is 24.3 Å². The summed E-state index contributed by atoms with van der Waals surface area (Å²) < 4.78 is 11.9. The van der Waals surface area contributed by atoms with Gasteiger partial charge in [0, 0.05) is 18.9 Å². The molecule has 2 fully saturated rings. The summed E-state index contributed by atoms with van der Waals surface area (Å²) in [4.78, 5) is 10.7. The highest BCUT2D eigenvalue weighted by molar-refractivity contribution is 5.42. The molecule has 1 aliphatic heterocycles. The fourth-order valence-electron chi connectivity index (χ4n) is 2.98.